The topological polar surface area (TPSA) is 64.0 Å². The summed E-state index contributed by atoms with van der Waals surface area (Å²) in [5.74, 6) is -0.0325. The summed E-state index contributed by atoms with van der Waals surface area (Å²) < 4.78 is 1.37. The van der Waals surface area contributed by atoms with Crippen LogP contribution in [-0.4, -0.2) is 22.2 Å². The second-order valence-corrected chi connectivity index (χ2v) is 6.66. The van der Waals surface area contributed by atoms with E-state index in [1.165, 1.54) is 35.6 Å². The number of amides is 1. The van der Waals surface area contributed by atoms with E-state index in [4.69, 9.17) is 0 Å². The van der Waals surface area contributed by atoms with E-state index in [1.807, 2.05) is 31.2 Å². The molecule has 0 radical (unpaired) electrons. The third-order valence-corrected chi connectivity index (χ3v) is 4.37. The molecule has 26 heavy (non-hydrogen) atoms. The van der Waals surface area contributed by atoms with Crippen LogP contribution < -0.4 is 10.9 Å². The van der Waals surface area contributed by atoms with Crippen LogP contribution in [0, 0.1) is 6.92 Å². The number of nitrogens with one attached hydrogen (secondary N) is 1. The van der Waals surface area contributed by atoms with Gasteiger partial charge in [0.25, 0.3) is 5.56 Å². The second kappa shape index (κ2) is 10.5. The first-order valence-corrected chi connectivity index (χ1v) is 9.52. The average Bonchev–Trinajstić information content (AvgIpc) is 2.64. The number of carbonyl (C=O) groups is 1. The minimum atomic E-state index is -0.187. The van der Waals surface area contributed by atoms with Crippen LogP contribution in [0.25, 0.3) is 11.3 Å². The van der Waals surface area contributed by atoms with Gasteiger partial charge in [0.2, 0.25) is 5.91 Å². The molecular weight excluding hydrogens is 326 g/mol. The van der Waals surface area contributed by atoms with Gasteiger partial charge in [-0.2, -0.15) is 5.10 Å². The van der Waals surface area contributed by atoms with Crippen molar-refractivity contribution < 1.29 is 4.79 Å². The Hall–Kier alpha value is -2.43. The lowest BCUT2D eigenvalue weighted by Crippen LogP contribution is -2.29. The number of hydrogen-bond acceptors (Lipinski definition) is 3. The maximum absolute atomic E-state index is 12.0. The smallest absolute Gasteiger partial charge is 0.266 e. The van der Waals surface area contributed by atoms with Gasteiger partial charge in [0.1, 0.15) is 0 Å². The Morgan fingerprint density at radius 3 is 2.50 bits per heavy atom. The van der Waals surface area contributed by atoms with Crippen molar-refractivity contribution in [1.82, 2.24) is 15.1 Å². The normalized spacial score (nSPS) is 10.7. The zero-order valence-corrected chi connectivity index (χ0v) is 15.8. The predicted molar refractivity (Wildman–Crippen MR) is 105 cm³/mol. The molecular formula is C21H29N3O2. The lowest BCUT2D eigenvalue weighted by Gasteiger charge is -2.08. The summed E-state index contributed by atoms with van der Waals surface area (Å²) in [5, 5.41) is 7.32. The molecule has 0 unspecified atom stereocenters. The van der Waals surface area contributed by atoms with Gasteiger partial charge in [-0.1, -0.05) is 62.4 Å². The summed E-state index contributed by atoms with van der Waals surface area (Å²) in [4.78, 5) is 24.0. The summed E-state index contributed by atoms with van der Waals surface area (Å²) in [7, 11) is 0. The Bertz CT molecular complexity index is 751. The Morgan fingerprint density at radius 1 is 1.04 bits per heavy atom. The van der Waals surface area contributed by atoms with E-state index in [0.717, 1.165) is 24.1 Å². The molecule has 5 nitrogen and oxygen atoms in total. The molecule has 1 N–H and O–H groups in total. The lowest BCUT2D eigenvalue weighted by molar-refractivity contribution is -0.121. The van der Waals surface area contributed by atoms with E-state index in [-0.39, 0.29) is 17.9 Å². The standard InChI is InChI=1S/C21H29N3O2/c1-3-4-5-6-7-15-22-20(25)14-16-24-21(26)13-12-19(23-24)18-10-8-17(2)9-11-18/h8-13H,3-7,14-16H2,1-2H3,(H,22,25). The van der Waals surface area contributed by atoms with E-state index < -0.39 is 0 Å². The molecule has 0 fully saturated rings. The van der Waals surface area contributed by atoms with Gasteiger partial charge in [0, 0.05) is 24.6 Å². The highest BCUT2D eigenvalue weighted by Gasteiger charge is 2.06. The van der Waals surface area contributed by atoms with Crippen molar-refractivity contribution in [3.05, 3.63) is 52.3 Å². The Kier molecular flexibility index (Phi) is 8.06. The summed E-state index contributed by atoms with van der Waals surface area (Å²) >= 11 is 0. The predicted octanol–water partition coefficient (Wildman–Crippen LogP) is 3.70. The quantitative estimate of drug-likeness (QED) is 0.661. The van der Waals surface area contributed by atoms with Crippen molar-refractivity contribution in [3.63, 3.8) is 0 Å². The molecule has 1 heterocycles. The SMILES string of the molecule is CCCCCCCNC(=O)CCn1nc(-c2ccc(C)cc2)ccc1=O. The monoisotopic (exact) mass is 355 g/mol. The van der Waals surface area contributed by atoms with Crippen molar-refractivity contribution in [2.24, 2.45) is 0 Å². The van der Waals surface area contributed by atoms with Gasteiger partial charge in [-0.15, -0.1) is 0 Å². The summed E-state index contributed by atoms with van der Waals surface area (Å²) in [6.45, 7) is 5.21. The summed E-state index contributed by atoms with van der Waals surface area (Å²) in [5.41, 5.74) is 2.68. The molecule has 0 saturated carbocycles. The Morgan fingerprint density at radius 2 is 1.77 bits per heavy atom. The Labute approximate surface area is 155 Å². The van der Waals surface area contributed by atoms with E-state index >= 15 is 0 Å². The van der Waals surface area contributed by atoms with Crippen LogP contribution in [0.4, 0.5) is 0 Å². The number of aryl methyl sites for hydroxylation is 2. The largest absolute Gasteiger partial charge is 0.356 e. The van der Waals surface area contributed by atoms with Crippen molar-refractivity contribution in [2.45, 2.75) is 58.9 Å². The fraction of sp³-hybridized carbons (Fsp3) is 0.476. The molecule has 140 valence electrons. The van der Waals surface area contributed by atoms with Crippen LogP contribution in [0.2, 0.25) is 0 Å². The first-order chi connectivity index (χ1) is 12.6. The maximum Gasteiger partial charge on any atom is 0.266 e. The molecule has 0 atom stereocenters. The fourth-order valence-electron chi connectivity index (χ4n) is 2.74. The summed E-state index contributed by atoms with van der Waals surface area (Å²) in [6, 6.07) is 11.2. The van der Waals surface area contributed by atoms with Gasteiger partial charge in [-0.25, -0.2) is 4.68 Å². The van der Waals surface area contributed by atoms with Crippen LogP contribution in [0.15, 0.2) is 41.2 Å². The van der Waals surface area contributed by atoms with Gasteiger partial charge in [0.05, 0.1) is 12.2 Å². The molecule has 5 heteroatoms. The number of unbranched alkanes of at least 4 members (excludes halogenated alkanes) is 4. The van der Waals surface area contributed by atoms with Gasteiger partial charge in [0.15, 0.2) is 0 Å². The molecule has 1 aromatic heterocycles. The number of carbonyl (C=O) groups excluding carboxylic acids is 1. The van der Waals surface area contributed by atoms with Gasteiger partial charge < -0.3 is 5.32 Å². The van der Waals surface area contributed by atoms with Crippen LogP contribution in [-0.2, 0) is 11.3 Å². The number of hydrogen-bond donors (Lipinski definition) is 1. The molecule has 0 spiro atoms. The molecule has 2 rings (SSSR count). The summed E-state index contributed by atoms with van der Waals surface area (Å²) in [6.07, 6.45) is 6.10. The molecule has 2 aromatic rings. The number of nitrogens with zero attached hydrogens (tertiary/aromatic N) is 2. The highest BCUT2D eigenvalue weighted by atomic mass is 16.2. The number of aromatic nitrogens is 2. The van der Waals surface area contributed by atoms with E-state index in [9.17, 15) is 9.59 Å². The van der Waals surface area contributed by atoms with Gasteiger partial charge in [-0.3, -0.25) is 9.59 Å². The molecule has 1 amide bonds. The van der Waals surface area contributed by atoms with Gasteiger partial charge in [-0.05, 0) is 19.4 Å². The zero-order chi connectivity index (χ0) is 18.8. The van der Waals surface area contributed by atoms with Crippen LogP contribution >= 0.6 is 0 Å². The third kappa shape index (κ3) is 6.47. The molecule has 0 aliphatic rings. The van der Waals surface area contributed by atoms with E-state index in [1.54, 1.807) is 6.07 Å². The maximum atomic E-state index is 12.0. The first-order valence-electron chi connectivity index (χ1n) is 9.52. The van der Waals surface area contributed by atoms with Crippen molar-refractivity contribution >= 4 is 5.91 Å². The van der Waals surface area contributed by atoms with Crippen LogP contribution in [0.5, 0.6) is 0 Å². The van der Waals surface area contributed by atoms with Crippen molar-refractivity contribution in [2.75, 3.05) is 6.54 Å². The molecule has 1 aromatic carbocycles. The lowest BCUT2D eigenvalue weighted by atomic mass is 10.1. The van der Waals surface area contributed by atoms with Gasteiger partial charge >= 0.3 is 0 Å². The minimum absolute atomic E-state index is 0.0325. The van der Waals surface area contributed by atoms with Crippen molar-refractivity contribution in [3.8, 4) is 11.3 Å². The average molecular weight is 355 g/mol. The minimum Gasteiger partial charge on any atom is -0.356 e. The molecule has 0 saturated heterocycles. The molecule has 0 aliphatic carbocycles. The number of benzene rings is 1. The van der Waals surface area contributed by atoms with Crippen molar-refractivity contribution in [1.29, 1.82) is 0 Å². The van der Waals surface area contributed by atoms with Crippen LogP contribution in [0.1, 0.15) is 51.0 Å². The zero-order valence-electron chi connectivity index (χ0n) is 15.8. The second-order valence-electron chi connectivity index (χ2n) is 6.66. The molecule has 0 bridgehead atoms. The van der Waals surface area contributed by atoms with E-state index in [0.29, 0.717) is 13.1 Å². The van der Waals surface area contributed by atoms with Crippen LogP contribution in [0.3, 0.4) is 0 Å². The third-order valence-electron chi connectivity index (χ3n) is 4.37. The van der Waals surface area contributed by atoms with E-state index in [2.05, 4.69) is 17.3 Å². The highest BCUT2D eigenvalue weighted by Crippen LogP contribution is 2.15. The highest BCUT2D eigenvalue weighted by molar-refractivity contribution is 5.75. The fourth-order valence-corrected chi connectivity index (χ4v) is 2.74. The first kappa shape index (κ1) is 19.9. The molecule has 0 aliphatic heterocycles. The Balaban J connectivity index is 1.85. The number of rotatable bonds is 10.